The maximum Gasteiger partial charge on any atom is 0.125 e. The van der Waals surface area contributed by atoms with Gasteiger partial charge in [-0.25, -0.2) is 0 Å². The molecule has 0 saturated heterocycles. The number of rotatable bonds is 5. The molecule has 0 atom stereocenters. The smallest absolute Gasteiger partial charge is 0.125 e. The Morgan fingerprint density at radius 1 is 1.27 bits per heavy atom. The molecule has 0 aliphatic carbocycles. The van der Waals surface area contributed by atoms with Gasteiger partial charge in [0.15, 0.2) is 0 Å². The predicted molar refractivity (Wildman–Crippen MR) is 69.2 cm³/mol. The molecule has 0 aliphatic heterocycles. The molecule has 0 unspecified atom stereocenters. The number of hydrogen-bond donors (Lipinski definition) is 0. The minimum absolute atomic E-state index is 0.741. The second kappa shape index (κ2) is 6.16. The largest absolute Gasteiger partial charge is 0.493 e. The summed E-state index contributed by atoms with van der Waals surface area (Å²) in [7, 11) is 0. The van der Waals surface area contributed by atoms with E-state index in [2.05, 4.69) is 41.9 Å². The van der Waals surface area contributed by atoms with E-state index in [4.69, 9.17) is 4.74 Å². The summed E-state index contributed by atoms with van der Waals surface area (Å²) in [6.07, 6.45) is 2.24. The number of benzene rings is 1. The topological polar surface area (TPSA) is 9.23 Å². The van der Waals surface area contributed by atoms with Crippen molar-refractivity contribution in [2.24, 2.45) is 0 Å². The van der Waals surface area contributed by atoms with Gasteiger partial charge in [0.25, 0.3) is 0 Å². The fourth-order valence-corrected chi connectivity index (χ4v) is 2.12. The molecule has 1 aromatic carbocycles. The van der Waals surface area contributed by atoms with Crippen LogP contribution in [0.25, 0.3) is 0 Å². The summed E-state index contributed by atoms with van der Waals surface area (Å²) in [6.45, 7) is 7.04. The highest BCUT2D eigenvalue weighted by atomic mass is 79.9. The molecule has 0 amide bonds. The van der Waals surface area contributed by atoms with E-state index in [1.165, 1.54) is 16.7 Å². The molecule has 2 heteroatoms. The van der Waals surface area contributed by atoms with Crippen LogP contribution < -0.4 is 4.74 Å². The summed E-state index contributed by atoms with van der Waals surface area (Å²) in [4.78, 5) is 0. The van der Waals surface area contributed by atoms with Crippen molar-refractivity contribution in [3.8, 4) is 5.75 Å². The van der Waals surface area contributed by atoms with E-state index in [9.17, 15) is 0 Å². The molecule has 1 rings (SSSR count). The lowest BCUT2D eigenvalue weighted by atomic mass is 10.0. The minimum atomic E-state index is 0.741. The first kappa shape index (κ1) is 12.6. The van der Waals surface area contributed by atoms with Crippen molar-refractivity contribution in [2.45, 2.75) is 33.6 Å². The van der Waals surface area contributed by atoms with Crippen molar-refractivity contribution in [1.29, 1.82) is 0 Å². The number of hydrogen-bond acceptors (Lipinski definition) is 1. The molecule has 15 heavy (non-hydrogen) atoms. The average Bonchev–Trinajstić information content (AvgIpc) is 2.19. The Balaban J connectivity index is 2.97. The highest BCUT2D eigenvalue weighted by Gasteiger charge is 2.07. The van der Waals surface area contributed by atoms with Crippen molar-refractivity contribution in [2.75, 3.05) is 11.9 Å². The van der Waals surface area contributed by atoms with Crippen molar-refractivity contribution >= 4 is 15.9 Å². The van der Waals surface area contributed by atoms with Crippen LogP contribution in [0.5, 0.6) is 5.75 Å². The third-order valence-electron chi connectivity index (χ3n) is 2.36. The zero-order valence-corrected chi connectivity index (χ0v) is 11.4. The summed E-state index contributed by atoms with van der Waals surface area (Å²) in [5.74, 6) is 1.09. The first-order chi connectivity index (χ1) is 7.19. The second-order valence-electron chi connectivity index (χ2n) is 3.80. The Kier molecular flexibility index (Phi) is 5.16. The van der Waals surface area contributed by atoms with Gasteiger partial charge in [0.1, 0.15) is 5.75 Å². The lowest BCUT2D eigenvalue weighted by molar-refractivity contribution is 0.334. The van der Waals surface area contributed by atoms with Gasteiger partial charge in [0.05, 0.1) is 6.61 Å². The summed E-state index contributed by atoms with van der Waals surface area (Å²) >= 11 is 3.47. The van der Waals surface area contributed by atoms with E-state index < -0.39 is 0 Å². The maximum absolute atomic E-state index is 5.70. The van der Waals surface area contributed by atoms with Crippen molar-refractivity contribution in [3.05, 3.63) is 28.8 Å². The third-order valence-corrected chi connectivity index (χ3v) is 2.93. The summed E-state index contributed by atoms with van der Waals surface area (Å²) in [6, 6.07) is 4.42. The molecule has 0 radical (unpaired) electrons. The van der Waals surface area contributed by atoms with Crippen LogP contribution in [0.3, 0.4) is 0 Å². The number of alkyl halides is 1. The van der Waals surface area contributed by atoms with Crippen LogP contribution in [-0.2, 0) is 6.42 Å². The SMILES string of the molecule is CCOc1c(C)cc(C)cc1CCCBr. The molecule has 0 heterocycles. The van der Waals surface area contributed by atoms with Crippen LogP contribution in [-0.4, -0.2) is 11.9 Å². The summed E-state index contributed by atoms with van der Waals surface area (Å²) < 4.78 is 5.70. The Morgan fingerprint density at radius 2 is 2.00 bits per heavy atom. The van der Waals surface area contributed by atoms with E-state index in [0.717, 1.165) is 30.5 Å². The maximum atomic E-state index is 5.70. The Bertz CT molecular complexity index is 321. The number of halogens is 1. The molecule has 0 spiro atoms. The van der Waals surface area contributed by atoms with Gasteiger partial charge in [-0.05, 0) is 44.7 Å². The van der Waals surface area contributed by atoms with Crippen LogP contribution in [0, 0.1) is 13.8 Å². The molecule has 84 valence electrons. The average molecular weight is 271 g/mol. The first-order valence-corrected chi connectivity index (χ1v) is 6.60. The van der Waals surface area contributed by atoms with Crippen LogP contribution in [0.15, 0.2) is 12.1 Å². The van der Waals surface area contributed by atoms with E-state index in [0.29, 0.717) is 0 Å². The second-order valence-corrected chi connectivity index (χ2v) is 4.59. The van der Waals surface area contributed by atoms with Crippen LogP contribution >= 0.6 is 15.9 Å². The molecular formula is C13H19BrO. The first-order valence-electron chi connectivity index (χ1n) is 5.48. The van der Waals surface area contributed by atoms with E-state index in [1.54, 1.807) is 0 Å². The lowest BCUT2D eigenvalue weighted by Gasteiger charge is -2.14. The van der Waals surface area contributed by atoms with Gasteiger partial charge in [-0.15, -0.1) is 0 Å². The van der Waals surface area contributed by atoms with Crippen LogP contribution in [0.4, 0.5) is 0 Å². The van der Waals surface area contributed by atoms with E-state index in [1.807, 2.05) is 6.92 Å². The molecule has 0 saturated carbocycles. The quantitative estimate of drug-likeness (QED) is 0.735. The van der Waals surface area contributed by atoms with Crippen molar-refractivity contribution in [3.63, 3.8) is 0 Å². The van der Waals surface area contributed by atoms with Crippen LogP contribution in [0.1, 0.15) is 30.0 Å². The van der Waals surface area contributed by atoms with Gasteiger partial charge in [0, 0.05) is 5.33 Å². The van der Waals surface area contributed by atoms with Gasteiger partial charge < -0.3 is 4.74 Å². The minimum Gasteiger partial charge on any atom is -0.493 e. The molecule has 0 aliphatic rings. The normalized spacial score (nSPS) is 10.4. The summed E-state index contributed by atoms with van der Waals surface area (Å²) in [5, 5.41) is 1.05. The van der Waals surface area contributed by atoms with Gasteiger partial charge in [0.2, 0.25) is 0 Å². The zero-order chi connectivity index (χ0) is 11.3. The Hall–Kier alpha value is -0.500. The highest BCUT2D eigenvalue weighted by Crippen LogP contribution is 2.26. The van der Waals surface area contributed by atoms with Crippen molar-refractivity contribution < 1.29 is 4.74 Å². The standard InChI is InChI=1S/C13H19BrO/c1-4-15-13-11(3)8-10(2)9-12(13)6-5-7-14/h8-9H,4-7H2,1-3H3. The highest BCUT2D eigenvalue weighted by molar-refractivity contribution is 9.09. The molecular weight excluding hydrogens is 252 g/mol. The predicted octanol–water partition coefficient (Wildman–Crippen LogP) is 4.03. The molecule has 0 N–H and O–H groups in total. The third kappa shape index (κ3) is 3.53. The molecule has 1 aromatic rings. The molecule has 0 bridgehead atoms. The van der Waals surface area contributed by atoms with Crippen molar-refractivity contribution in [1.82, 2.24) is 0 Å². The van der Waals surface area contributed by atoms with E-state index in [-0.39, 0.29) is 0 Å². The van der Waals surface area contributed by atoms with Gasteiger partial charge in [-0.1, -0.05) is 33.6 Å². The lowest BCUT2D eigenvalue weighted by Crippen LogP contribution is -2.00. The number of aryl methyl sites for hydroxylation is 3. The Morgan fingerprint density at radius 3 is 2.60 bits per heavy atom. The van der Waals surface area contributed by atoms with E-state index >= 15 is 0 Å². The van der Waals surface area contributed by atoms with Gasteiger partial charge >= 0.3 is 0 Å². The fraction of sp³-hybridized carbons (Fsp3) is 0.538. The van der Waals surface area contributed by atoms with Gasteiger partial charge in [-0.3, -0.25) is 0 Å². The van der Waals surface area contributed by atoms with Crippen LogP contribution in [0.2, 0.25) is 0 Å². The monoisotopic (exact) mass is 270 g/mol. The van der Waals surface area contributed by atoms with Gasteiger partial charge in [-0.2, -0.15) is 0 Å². The fourth-order valence-electron chi connectivity index (χ4n) is 1.84. The zero-order valence-electron chi connectivity index (χ0n) is 9.77. The Labute approximate surface area is 101 Å². The number of ether oxygens (including phenoxy) is 1. The molecule has 0 aromatic heterocycles. The molecule has 1 nitrogen and oxygen atoms in total. The molecule has 0 fully saturated rings. The summed E-state index contributed by atoms with van der Waals surface area (Å²) in [5.41, 5.74) is 3.91.